The third kappa shape index (κ3) is 4.13. The molecule has 0 aromatic heterocycles. The smallest absolute Gasteiger partial charge is 0.344 e. The number of rotatable bonds is 5. The fourth-order valence-corrected chi connectivity index (χ4v) is 1.12. The molecule has 0 unspecified atom stereocenters. The average Bonchev–Trinajstić information content (AvgIpc) is 2.26. The molecule has 0 heterocycles. The van der Waals surface area contributed by atoms with Crippen LogP contribution in [0.3, 0.4) is 0 Å². The molecule has 0 saturated heterocycles. The minimum absolute atomic E-state index is 0.152. The molecular formula is C12H14O4. The largest absolute Gasteiger partial charge is 0.482 e. The van der Waals surface area contributed by atoms with Crippen molar-refractivity contribution in [2.45, 2.75) is 20.0 Å². The van der Waals surface area contributed by atoms with E-state index in [2.05, 4.69) is 0 Å². The maximum Gasteiger partial charge on any atom is 0.344 e. The molecule has 1 aromatic carbocycles. The first-order valence-electron chi connectivity index (χ1n) is 4.99. The second-order valence-electron chi connectivity index (χ2n) is 3.52. The van der Waals surface area contributed by atoms with Gasteiger partial charge >= 0.3 is 5.97 Å². The molecule has 86 valence electrons. The third-order valence-electron chi connectivity index (χ3n) is 1.72. The Hall–Kier alpha value is -1.84. The van der Waals surface area contributed by atoms with Crippen LogP contribution in [0.25, 0.3) is 0 Å². The highest BCUT2D eigenvalue weighted by molar-refractivity contribution is 5.75. The molecule has 0 amide bonds. The molecule has 0 bridgehead atoms. The van der Waals surface area contributed by atoms with Gasteiger partial charge in [0.1, 0.15) is 12.0 Å². The summed E-state index contributed by atoms with van der Waals surface area (Å²) in [5.41, 5.74) is 0.509. The van der Waals surface area contributed by atoms with Gasteiger partial charge in [-0.1, -0.05) is 12.1 Å². The van der Waals surface area contributed by atoms with Gasteiger partial charge in [0.2, 0.25) is 0 Å². The highest BCUT2D eigenvalue weighted by Crippen LogP contribution is 2.11. The topological polar surface area (TPSA) is 52.6 Å². The van der Waals surface area contributed by atoms with Crippen LogP contribution in [0.15, 0.2) is 24.3 Å². The predicted octanol–water partition coefficient (Wildman–Crippen LogP) is 1.83. The van der Waals surface area contributed by atoms with Crippen LogP contribution in [-0.2, 0) is 9.53 Å². The van der Waals surface area contributed by atoms with Gasteiger partial charge in [0.05, 0.1) is 6.10 Å². The van der Waals surface area contributed by atoms with Gasteiger partial charge in [0, 0.05) is 5.56 Å². The maximum atomic E-state index is 11.2. The Kier molecular flexibility index (Phi) is 4.51. The van der Waals surface area contributed by atoms with Crippen LogP contribution in [0, 0.1) is 0 Å². The van der Waals surface area contributed by atoms with Gasteiger partial charge in [-0.05, 0) is 26.0 Å². The number of esters is 1. The lowest BCUT2D eigenvalue weighted by Crippen LogP contribution is -2.18. The van der Waals surface area contributed by atoms with Crippen molar-refractivity contribution in [3.8, 4) is 5.75 Å². The minimum atomic E-state index is -0.425. The maximum absolute atomic E-state index is 11.2. The van der Waals surface area contributed by atoms with Crippen LogP contribution in [0.5, 0.6) is 5.75 Å². The highest BCUT2D eigenvalue weighted by atomic mass is 16.6. The van der Waals surface area contributed by atoms with Crippen LogP contribution in [0.1, 0.15) is 24.2 Å². The van der Waals surface area contributed by atoms with E-state index >= 15 is 0 Å². The van der Waals surface area contributed by atoms with Gasteiger partial charge in [0.15, 0.2) is 6.61 Å². The summed E-state index contributed by atoms with van der Waals surface area (Å²) >= 11 is 0. The lowest BCUT2D eigenvalue weighted by atomic mass is 10.2. The van der Waals surface area contributed by atoms with E-state index in [1.807, 2.05) is 0 Å². The van der Waals surface area contributed by atoms with E-state index < -0.39 is 5.97 Å². The number of carbonyl (C=O) groups is 2. The predicted molar refractivity (Wildman–Crippen MR) is 58.6 cm³/mol. The SMILES string of the molecule is CC(C)OC(=O)COc1cccc(C=O)c1. The zero-order valence-corrected chi connectivity index (χ0v) is 9.30. The van der Waals surface area contributed by atoms with Crippen molar-refractivity contribution >= 4 is 12.3 Å². The molecule has 0 aliphatic heterocycles. The zero-order valence-electron chi connectivity index (χ0n) is 9.30. The number of benzene rings is 1. The van der Waals surface area contributed by atoms with Gasteiger partial charge < -0.3 is 9.47 Å². The molecule has 1 aromatic rings. The molecule has 0 atom stereocenters. The van der Waals surface area contributed by atoms with Crippen molar-refractivity contribution in [3.05, 3.63) is 29.8 Å². The second-order valence-corrected chi connectivity index (χ2v) is 3.52. The fourth-order valence-electron chi connectivity index (χ4n) is 1.12. The number of carbonyl (C=O) groups excluding carboxylic acids is 2. The molecule has 0 saturated carbocycles. The first-order chi connectivity index (χ1) is 7.61. The summed E-state index contributed by atoms with van der Waals surface area (Å²) < 4.78 is 10.1. The van der Waals surface area contributed by atoms with Crippen LogP contribution in [0.4, 0.5) is 0 Å². The van der Waals surface area contributed by atoms with Crippen molar-refractivity contribution in [2.75, 3.05) is 6.61 Å². The Morgan fingerprint density at radius 1 is 1.44 bits per heavy atom. The summed E-state index contributed by atoms with van der Waals surface area (Å²) in [4.78, 5) is 21.7. The first kappa shape index (κ1) is 12.2. The van der Waals surface area contributed by atoms with Crippen molar-refractivity contribution in [2.24, 2.45) is 0 Å². The summed E-state index contributed by atoms with van der Waals surface area (Å²) in [6.45, 7) is 3.39. The van der Waals surface area contributed by atoms with Gasteiger partial charge in [0.25, 0.3) is 0 Å². The number of hydrogen-bond acceptors (Lipinski definition) is 4. The van der Waals surface area contributed by atoms with E-state index in [0.717, 1.165) is 6.29 Å². The monoisotopic (exact) mass is 222 g/mol. The van der Waals surface area contributed by atoms with Crippen molar-refractivity contribution in [1.82, 2.24) is 0 Å². The normalized spacial score (nSPS) is 9.94. The summed E-state index contributed by atoms with van der Waals surface area (Å²) in [6.07, 6.45) is 0.566. The zero-order chi connectivity index (χ0) is 12.0. The Morgan fingerprint density at radius 3 is 2.81 bits per heavy atom. The molecule has 4 nitrogen and oxygen atoms in total. The molecular weight excluding hydrogens is 208 g/mol. The molecule has 0 aliphatic carbocycles. The molecule has 0 spiro atoms. The van der Waals surface area contributed by atoms with Crippen molar-refractivity contribution in [1.29, 1.82) is 0 Å². The molecule has 16 heavy (non-hydrogen) atoms. The molecule has 4 heteroatoms. The van der Waals surface area contributed by atoms with Gasteiger partial charge in [-0.2, -0.15) is 0 Å². The van der Waals surface area contributed by atoms with Gasteiger partial charge in [-0.15, -0.1) is 0 Å². The second kappa shape index (κ2) is 5.90. The molecule has 0 radical (unpaired) electrons. The number of aldehydes is 1. The lowest BCUT2D eigenvalue weighted by molar-refractivity contribution is -0.149. The van der Waals surface area contributed by atoms with Crippen LogP contribution >= 0.6 is 0 Å². The van der Waals surface area contributed by atoms with Gasteiger partial charge in [-0.3, -0.25) is 4.79 Å². The Morgan fingerprint density at radius 2 is 2.19 bits per heavy atom. The summed E-state index contributed by atoms with van der Waals surface area (Å²) in [7, 11) is 0. The van der Waals surface area contributed by atoms with Crippen molar-refractivity contribution in [3.63, 3.8) is 0 Å². The average molecular weight is 222 g/mol. The van der Waals surface area contributed by atoms with E-state index in [-0.39, 0.29) is 12.7 Å². The van der Waals surface area contributed by atoms with Crippen LogP contribution in [-0.4, -0.2) is 25.0 Å². The Bertz CT molecular complexity index is 371. The number of ether oxygens (including phenoxy) is 2. The molecule has 0 N–H and O–H groups in total. The molecule has 0 aliphatic rings. The highest BCUT2D eigenvalue weighted by Gasteiger charge is 2.06. The summed E-state index contributed by atoms with van der Waals surface area (Å²) in [5, 5.41) is 0. The fraction of sp³-hybridized carbons (Fsp3) is 0.333. The third-order valence-corrected chi connectivity index (χ3v) is 1.72. The van der Waals surface area contributed by atoms with Crippen LogP contribution in [0.2, 0.25) is 0 Å². The standard InChI is InChI=1S/C12H14O4/c1-9(2)16-12(14)8-15-11-5-3-4-10(6-11)7-13/h3-7,9H,8H2,1-2H3. The summed E-state index contributed by atoms with van der Waals surface area (Å²) in [6, 6.07) is 6.59. The molecule has 0 fully saturated rings. The van der Waals surface area contributed by atoms with E-state index in [9.17, 15) is 9.59 Å². The van der Waals surface area contributed by atoms with E-state index in [1.165, 1.54) is 0 Å². The number of hydrogen-bond donors (Lipinski definition) is 0. The first-order valence-corrected chi connectivity index (χ1v) is 4.99. The molecule has 1 rings (SSSR count). The van der Waals surface area contributed by atoms with E-state index in [0.29, 0.717) is 11.3 Å². The Labute approximate surface area is 94.2 Å². The quantitative estimate of drug-likeness (QED) is 0.563. The van der Waals surface area contributed by atoms with E-state index in [1.54, 1.807) is 38.1 Å². The lowest BCUT2D eigenvalue weighted by Gasteiger charge is -2.09. The van der Waals surface area contributed by atoms with Crippen LogP contribution < -0.4 is 4.74 Å². The van der Waals surface area contributed by atoms with Crippen molar-refractivity contribution < 1.29 is 19.1 Å². The minimum Gasteiger partial charge on any atom is -0.482 e. The summed E-state index contributed by atoms with van der Waals surface area (Å²) in [5.74, 6) is 0.0526. The Balaban J connectivity index is 2.48. The van der Waals surface area contributed by atoms with Gasteiger partial charge in [-0.25, -0.2) is 4.79 Å². The van der Waals surface area contributed by atoms with E-state index in [4.69, 9.17) is 9.47 Å².